The molecule has 1 aliphatic rings. The summed E-state index contributed by atoms with van der Waals surface area (Å²) in [5.41, 5.74) is 0. The number of hydrogen-bond donors (Lipinski definition) is 2. The molecule has 7 heteroatoms. The molecule has 1 saturated carbocycles. The highest BCUT2D eigenvalue weighted by atomic mass is 16.3. The number of aliphatic hydroxyl groups excluding tert-OH is 1. The van der Waals surface area contributed by atoms with Crippen molar-refractivity contribution in [1.29, 1.82) is 0 Å². The van der Waals surface area contributed by atoms with E-state index in [4.69, 9.17) is 0 Å². The summed E-state index contributed by atoms with van der Waals surface area (Å²) >= 11 is 0. The van der Waals surface area contributed by atoms with Crippen LogP contribution in [0.5, 0.6) is 0 Å². The average molecular weight is 225 g/mol. The van der Waals surface area contributed by atoms with E-state index in [0.717, 1.165) is 25.7 Å². The smallest absolute Gasteiger partial charge is 0.295 e. The van der Waals surface area contributed by atoms with Gasteiger partial charge in [0.1, 0.15) is 0 Å². The molecule has 1 fully saturated rings. The van der Waals surface area contributed by atoms with Gasteiger partial charge in [-0.05, 0) is 18.1 Å². The van der Waals surface area contributed by atoms with Gasteiger partial charge in [-0.15, -0.1) is 10.2 Å². The first-order valence-corrected chi connectivity index (χ1v) is 5.39. The van der Waals surface area contributed by atoms with Gasteiger partial charge < -0.3 is 10.0 Å². The van der Waals surface area contributed by atoms with Crippen LogP contribution in [-0.2, 0) is 0 Å². The number of rotatable bonds is 2. The molecule has 0 bridgehead atoms. The third-order valence-corrected chi connectivity index (χ3v) is 3.05. The summed E-state index contributed by atoms with van der Waals surface area (Å²) in [6.45, 7) is 0. The lowest BCUT2D eigenvalue weighted by atomic mass is 9.91. The van der Waals surface area contributed by atoms with Crippen LogP contribution in [0.3, 0.4) is 0 Å². The van der Waals surface area contributed by atoms with E-state index < -0.39 is 6.10 Å². The third kappa shape index (κ3) is 2.04. The van der Waals surface area contributed by atoms with E-state index in [1.54, 1.807) is 7.05 Å². The fourth-order valence-electron chi connectivity index (χ4n) is 2.10. The van der Waals surface area contributed by atoms with Crippen LogP contribution in [-0.4, -0.2) is 55.7 Å². The Morgan fingerprint density at radius 3 is 2.88 bits per heavy atom. The maximum absolute atomic E-state index is 11.9. The van der Waals surface area contributed by atoms with Crippen LogP contribution in [0.25, 0.3) is 0 Å². The Hall–Kier alpha value is -1.50. The van der Waals surface area contributed by atoms with E-state index in [2.05, 4.69) is 20.6 Å². The van der Waals surface area contributed by atoms with Crippen molar-refractivity contribution in [2.75, 3.05) is 7.05 Å². The van der Waals surface area contributed by atoms with Gasteiger partial charge in [0.25, 0.3) is 11.7 Å². The Labute approximate surface area is 92.8 Å². The Morgan fingerprint density at radius 2 is 2.25 bits per heavy atom. The number of likely N-dealkylation sites (N-methyl/N-ethyl adjacent to an activating group) is 1. The van der Waals surface area contributed by atoms with E-state index in [1.165, 1.54) is 4.90 Å². The minimum Gasteiger partial charge on any atom is -0.391 e. The van der Waals surface area contributed by atoms with E-state index in [-0.39, 0.29) is 17.8 Å². The highest BCUT2D eigenvalue weighted by molar-refractivity contribution is 5.90. The van der Waals surface area contributed by atoms with Crippen molar-refractivity contribution < 1.29 is 9.90 Å². The summed E-state index contributed by atoms with van der Waals surface area (Å²) in [6, 6.07) is -0.139. The number of tetrazole rings is 1. The number of aromatic nitrogens is 4. The van der Waals surface area contributed by atoms with Gasteiger partial charge in [-0.3, -0.25) is 4.79 Å². The Kier molecular flexibility index (Phi) is 3.14. The van der Waals surface area contributed by atoms with Gasteiger partial charge in [0.2, 0.25) is 0 Å². The maximum atomic E-state index is 11.9. The van der Waals surface area contributed by atoms with Gasteiger partial charge in [-0.25, -0.2) is 0 Å². The normalized spacial score (nSPS) is 25.4. The third-order valence-electron chi connectivity index (χ3n) is 3.05. The van der Waals surface area contributed by atoms with E-state index in [0.29, 0.717) is 0 Å². The fraction of sp³-hybridized carbons (Fsp3) is 0.778. The van der Waals surface area contributed by atoms with Crippen LogP contribution in [0.4, 0.5) is 0 Å². The zero-order chi connectivity index (χ0) is 11.5. The second-order valence-electron chi connectivity index (χ2n) is 4.07. The van der Waals surface area contributed by atoms with E-state index >= 15 is 0 Å². The number of hydrogen-bond acceptors (Lipinski definition) is 5. The van der Waals surface area contributed by atoms with Crippen molar-refractivity contribution in [1.82, 2.24) is 25.5 Å². The number of aromatic amines is 1. The number of nitrogens with one attached hydrogen (secondary N) is 1. The molecule has 1 amide bonds. The molecular weight excluding hydrogens is 210 g/mol. The second kappa shape index (κ2) is 4.56. The highest BCUT2D eigenvalue weighted by Gasteiger charge is 2.31. The predicted molar refractivity (Wildman–Crippen MR) is 54.5 cm³/mol. The van der Waals surface area contributed by atoms with E-state index in [9.17, 15) is 9.90 Å². The molecule has 2 N–H and O–H groups in total. The molecule has 88 valence electrons. The summed E-state index contributed by atoms with van der Waals surface area (Å²) in [7, 11) is 1.66. The average Bonchev–Trinajstić information content (AvgIpc) is 2.81. The molecule has 0 radical (unpaired) electrons. The van der Waals surface area contributed by atoms with Crippen molar-refractivity contribution in [3.05, 3.63) is 5.82 Å². The fourth-order valence-corrected chi connectivity index (χ4v) is 2.10. The number of nitrogens with zero attached hydrogens (tertiary/aromatic N) is 4. The highest BCUT2D eigenvalue weighted by Crippen LogP contribution is 2.22. The molecule has 1 aliphatic carbocycles. The second-order valence-corrected chi connectivity index (χ2v) is 4.07. The quantitative estimate of drug-likeness (QED) is 0.712. The summed E-state index contributed by atoms with van der Waals surface area (Å²) < 4.78 is 0. The van der Waals surface area contributed by atoms with Crippen LogP contribution in [0.2, 0.25) is 0 Å². The largest absolute Gasteiger partial charge is 0.391 e. The number of amides is 1. The molecule has 7 nitrogen and oxygen atoms in total. The lowest BCUT2D eigenvalue weighted by molar-refractivity contribution is 0.0260. The standard InChI is InChI=1S/C9H15N5O2/c1-14(6-4-2-3-5-7(6)15)9(16)8-10-12-13-11-8/h6-7,15H,2-5H2,1H3,(H,10,11,12,13). The molecule has 1 heterocycles. The maximum Gasteiger partial charge on any atom is 0.295 e. The summed E-state index contributed by atoms with van der Waals surface area (Å²) in [5.74, 6) is -0.264. The first-order chi connectivity index (χ1) is 7.70. The minimum atomic E-state index is -0.449. The van der Waals surface area contributed by atoms with Crippen LogP contribution in [0, 0.1) is 0 Å². The van der Waals surface area contributed by atoms with Crippen molar-refractivity contribution in [3.63, 3.8) is 0 Å². The van der Waals surface area contributed by atoms with Crippen molar-refractivity contribution >= 4 is 5.91 Å². The molecule has 2 atom stereocenters. The van der Waals surface area contributed by atoms with E-state index in [1.807, 2.05) is 0 Å². The lowest BCUT2D eigenvalue weighted by Crippen LogP contribution is -2.46. The summed E-state index contributed by atoms with van der Waals surface area (Å²) in [5, 5.41) is 22.7. The van der Waals surface area contributed by atoms with Crippen molar-refractivity contribution in [3.8, 4) is 0 Å². The van der Waals surface area contributed by atoms with Gasteiger partial charge >= 0.3 is 0 Å². The first kappa shape index (κ1) is 11.0. The zero-order valence-electron chi connectivity index (χ0n) is 9.13. The van der Waals surface area contributed by atoms with Crippen LogP contribution in [0.15, 0.2) is 0 Å². The molecule has 2 unspecified atom stereocenters. The Balaban J connectivity index is 2.06. The minimum absolute atomic E-state index is 0.0419. The molecular formula is C9H15N5O2. The predicted octanol–water partition coefficient (Wildman–Crippen LogP) is -0.425. The topological polar surface area (TPSA) is 95.0 Å². The molecule has 0 saturated heterocycles. The molecule has 1 aromatic heterocycles. The van der Waals surface area contributed by atoms with Crippen molar-refractivity contribution in [2.24, 2.45) is 0 Å². The van der Waals surface area contributed by atoms with Gasteiger partial charge in [0, 0.05) is 7.05 Å². The van der Waals surface area contributed by atoms with Crippen LogP contribution < -0.4 is 0 Å². The van der Waals surface area contributed by atoms with Crippen LogP contribution >= 0.6 is 0 Å². The Morgan fingerprint density at radius 1 is 1.50 bits per heavy atom. The zero-order valence-corrected chi connectivity index (χ0v) is 9.13. The number of aliphatic hydroxyl groups is 1. The molecule has 0 aliphatic heterocycles. The van der Waals surface area contributed by atoms with Gasteiger partial charge in [-0.2, -0.15) is 5.21 Å². The molecule has 0 spiro atoms. The lowest BCUT2D eigenvalue weighted by Gasteiger charge is -2.34. The van der Waals surface area contributed by atoms with Gasteiger partial charge in [0.15, 0.2) is 0 Å². The number of H-pyrrole nitrogens is 1. The Bertz CT molecular complexity index is 353. The molecule has 16 heavy (non-hydrogen) atoms. The number of carbonyl (C=O) groups is 1. The van der Waals surface area contributed by atoms with Gasteiger partial charge in [0.05, 0.1) is 12.1 Å². The van der Waals surface area contributed by atoms with Crippen LogP contribution in [0.1, 0.15) is 36.3 Å². The number of carbonyl (C=O) groups excluding carboxylic acids is 1. The molecule has 0 aromatic carbocycles. The summed E-state index contributed by atoms with van der Waals surface area (Å²) in [4.78, 5) is 13.4. The molecule has 2 rings (SSSR count). The first-order valence-electron chi connectivity index (χ1n) is 5.39. The monoisotopic (exact) mass is 225 g/mol. The SMILES string of the molecule is CN(C(=O)c1nn[nH]n1)C1CCCCC1O. The van der Waals surface area contributed by atoms with Gasteiger partial charge in [-0.1, -0.05) is 12.8 Å². The molecule has 1 aromatic rings. The summed E-state index contributed by atoms with van der Waals surface area (Å²) in [6.07, 6.45) is 3.16. The van der Waals surface area contributed by atoms with Crippen molar-refractivity contribution in [2.45, 2.75) is 37.8 Å².